The van der Waals surface area contributed by atoms with Crippen molar-refractivity contribution in [3.63, 3.8) is 0 Å². The van der Waals surface area contributed by atoms with E-state index < -0.39 is 5.82 Å². The quantitative estimate of drug-likeness (QED) is 0.757. The monoisotopic (exact) mass is 242 g/mol. The summed E-state index contributed by atoms with van der Waals surface area (Å²) >= 11 is 0. The Bertz CT molecular complexity index is 620. The Morgan fingerprint density at radius 2 is 1.83 bits per heavy atom. The third-order valence-corrected chi connectivity index (χ3v) is 3.08. The highest BCUT2D eigenvalue weighted by Crippen LogP contribution is 2.31. The molecule has 0 atom stereocenters. The van der Waals surface area contributed by atoms with Crippen LogP contribution in [0, 0.1) is 5.82 Å². The van der Waals surface area contributed by atoms with E-state index in [1.807, 2.05) is 12.1 Å². The maximum atomic E-state index is 13.6. The predicted octanol–water partition coefficient (Wildman–Crippen LogP) is 2.99. The predicted molar refractivity (Wildman–Crippen MR) is 65.5 cm³/mol. The average molecular weight is 242 g/mol. The van der Waals surface area contributed by atoms with Crippen LogP contribution in [0.3, 0.4) is 0 Å². The number of carbonyl (C=O) groups excluding carboxylic acids is 1. The summed E-state index contributed by atoms with van der Waals surface area (Å²) in [4.78, 5) is 12.3. The van der Waals surface area contributed by atoms with Crippen LogP contribution in [0.5, 0.6) is 5.75 Å². The number of para-hydroxylation sites is 1. The van der Waals surface area contributed by atoms with E-state index in [9.17, 15) is 9.18 Å². The second-order valence-electron chi connectivity index (χ2n) is 4.20. The topological polar surface area (TPSA) is 26.3 Å². The molecule has 0 fully saturated rings. The molecular formula is C15H11FO2. The molecular weight excluding hydrogens is 231 g/mol. The first-order chi connectivity index (χ1) is 8.77. The lowest BCUT2D eigenvalue weighted by atomic mass is 9.99. The molecule has 1 aliphatic rings. The molecule has 18 heavy (non-hydrogen) atoms. The van der Waals surface area contributed by atoms with E-state index in [2.05, 4.69) is 0 Å². The Kier molecular flexibility index (Phi) is 2.59. The Morgan fingerprint density at radius 3 is 2.67 bits per heavy atom. The zero-order valence-electron chi connectivity index (χ0n) is 9.65. The average Bonchev–Trinajstić information content (AvgIpc) is 2.86. The summed E-state index contributed by atoms with van der Waals surface area (Å²) in [6.45, 7) is 0.580. The molecule has 0 saturated carbocycles. The van der Waals surface area contributed by atoms with Crippen LogP contribution in [0.1, 0.15) is 21.5 Å². The number of hydrogen-bond donors (Lipinski definition) is 0. The molecule has 2 aromatic rings. The van der Waals surface area contributed by atoms with Crippen molar-refractivity contribution in [2.24, 2.45) is 0 Å². The number of carbonyl (C=O) groups is 1. The highest BCUT2D eigenvalue weighted by Gasteiger charge is 2.22. The van der Waals surface area contributed by atoms with E-state index >= 15 is 0 Å². The molecule has 2 nitrogen and oxygen atoms in total. The van der Waals surface area contributed by atoms with Gasteiger partial charge in [0, 0.05) is 6.42 Å². The van der Waals surface area contributed by atoms with Crippen LogP contribution in [0.25, 0.3) is 0 Å². The van der Waals surface area contributed by atoms with Gasteiger partial charge in [-0.15, -0.1) is 0 Å². The lowest BCUT2D eigenvalue weighted by Gasteiger charge is -2.07. The summed E-state index contributed by atoms with van der Waals surface area (Å²) < 4.78 is 19.1. The van der Waals surface area contributed by atoms with Crippen LogP contribution in [-0.4, -0.2) is 12.4 Å². The summed E-state index contributed by atoms with van der Waals surface area (Å²) in [6, 6.07) is 11.4. The fourth-order valence-corrected chi connectivity index (χ4v) is 2.18. The molecule has 1 heterocycles. The van der Waals surface area contributed by atoms with Crippen LogP contribution in [0.4, 0.5) is 4.39 Å². The molecule has 0 bridgehead atoms. The van der Waals surface area contributed by atoms with Gasteiger partial charge in [0.05, 0.1) is 17.7 Å². The number of ether oxygens (including phenoxy) is 1. The summed E-state index contributed by atoms with van der Waals surface area (Å²) in [5.74, 6) is -0.226. The fourth-order valence-electron chi connectivity index (χ4n) is 2.18. The maximum absolute atomic E-state index is 13.6. The standard InChI is InChI=1S/C15H11FO2/c16-13-7-2-1-5-11(13)14(17)12-6-3-4-10-8-9-18-15(10)12/h1-7H,8-9H2. The van der Waals surface area contributed by atoms with Gasteiger partial charge in [0.2, 0.25) is 0 Å². The zero-order valence-corrected chi connectivity index (χ0v) is 9.65. The van der Waals surface area contributed by atoms with Crippen molar-refractivity contribution in [1.29, 1.82) is 0 Å². The summed E-state index contributed by atoms with van der Waals surface area (Å²) in [6.07, 6.45) is 0.799. The van der Waals surface area contributed by atoms with E-state index in [4.69, 9.17) is 4.74 Å². The summed E-state index contributed by atoms with van der Waals surface area (Å²) in [5, 5.41) is 0. The van der Waals surface area contributed by atoms with E-state index in [1.54, 1.807) is 18.2 Å². The summed E-state index contributed by atoms with van der Waals surface area (Å²) in [5.41, 5.74) is 1.54. The van der Waals surface area contributed by atoms with Gasteiger partial charge >= 0.3 is 0 Å². The molecule has 0 aromatic heterocycles. The van der Waals surface area contributed by atoms with Gasteiger partial charge in [-0.2, -0.15) is 0 Å². The Labute approximate surface area is 104 Å². The van der Waals surface area contributed by atoms with E-state index in [0.29, 0.717) is 17.9 Å². The number of fused-ring (bicyclic) bond motifs is 1. The van der Waals surface area contributed by atoms with Gasteiger partial charge in [-0.1, -0.05) is 24.3 Å². The van der Waals surface area contributed by atoms with Crippen molar-refractivity contribution < 1.29 is 13.9 Å². The molecule has 1 aliphatic heterocycles. The molecule has 3 heteroatoms. The number of halogens is 1. The van der Waals surface area contributed by atoms with Gasteiger partial charge in [0.1, 0.15) is 11.6 Å². The third kappa shape index (κ3) is 1.68. The number of ketones is 1. The normalized spacial score (nSPS) is 12.9. The molecule has 0 spiro atoms. The van der Waals surface area contributed by atoms with Crippen molar-refractivity contribution in [2.75, 3.05) is 6.61 Å². The molecule has 0 unspecified atom stereocenters. The van der Waals surface area contributed by atoms with Crippen LogP contribution in [0.15, 0.2) is 42.5 Å². The molecule has 90 valence electrons. The highest BCUT2D eigenvalue weighted by molar-refractivity contribution is 6.11. The first-order valence-electron chi connectivity index (χ1n) is 5.81. The highest BCUT2D eigenvalue weighted by atomic mass is 19.1. The molecule has 0 aliphatic carbocycles. The maximum Gasteiger partial charge on any atom is 0.199 e. The minimum atomic E-state index is -0.502. The van der Waals surface area contributed by atoms with E-state index in [0.717, 1.165) is 12.0 Å². The van der Waals surface area contributed by atoms with Crippen LogP contribution in [0.2, 0.25) is 0 Å². The van der Waals surface area contributed by atoms with Gasteiger partial charge in [0.25, 0.3) is 0 Å². The van der Waals surface area contributed by atoms with Gasteiger partial charge < -0.3 is 4.74 Å². The zero-order chi connectivity index (χ0) is 12.5. The number of benzene rings is 2. The van der Waals surface area contributed by atoms with Crippen molar-refractivity contribution in [2.45, 2.75) is 6.42 Å². The van der Waals surface area contributed by atoms with Gasteiger partial charge in [-0.25, -0.2) is 4.39 Å². The Morgan fingerprint density at radius 1 is 1.06 bits per heavy atom. The minimum absolute atomic E-state index is 0.0846. The molecule has 3 rings (SSSR count). The third-order valence-electron chi connectivity index (χ3n) is 3.08. The first-order valence-corrected chi connectivity index (χ1v) is 5.81. The smallest absolute Gasteiger partial charge is 0.199 e. The fraction of sp³-hybridized carbons (Fsp3) is 0.133. The first kappa shape index (κ1) is 11.0. The number of rotatable bonds is 2. The van der Waals surface area contributed by atoms with Gasteiger partial charge in [-0.05, 0) is 23.8 Å². The molecule has 0 saturated heterocycles. The molecule has 0 amide bonds. The van der Waals surface area contributed by atoms with Crippen LogP contribution < -0.4 is 4.74 Å². The van der Waals surface area contributed by atoms with E-state index in [1.165, 1.54) is 12.1 Å². The lowest BCUT2D eigenvalue weighted by molar-refractivity contribution is 0.103. The molecule has 0 N–H and O–H groups in total. The van der Waals surface area contributed by atoms with Crippen LogP contribution >= 0.6 is 0 Å². The molecule has 0 radical (unpaired) electrons. The second kappa shape index (κ2) is 4.26. The van der Waals surface area contributed by atoms with E-state index in [-0.39, 0.29) is 11.3 Å². The largest absolute Gasteiger partial charge is 0.492 e. The van der Waals surface area contributed by atoms with Crippen LogP contribution in [-0.2, 0) is 6.42 Å². The lowest BCUT2D eigenvalue weighted by Crippen LogP contribution is -2.05. The number of hydrogen-bond acceptors (Lipinski definition) is 2. The Balaban J connectivity index is 2.09. The second-order valence-corrected chi connectivity index (χ2v) is 4.20. The van der Waals surface area contributed by atoms with Crippen molar-refractivity contribution in [3.05, 3.63) is 65.0 Å². The molecule has 2 aromatic carbocycles. The minimum Gasteiger partial charge on any atom is -0.492 e. The van der Waals surface area contributed by atoms with Crippen molar-refractivity contribution >= 4 is 5.78 Å². The van der Waals surface area contributed by atoms with Crippen molar-refractivity contribution in [1.82, 2.24) is 0 Å². The van der Waals surface area contributed by atoms with Gasteiger partial charge in [-0.3, -0.25) is 4.79 Å². The van der Waals surface area contributed by atoms with Gasteiger partial charge in [0.15, 0.2) is 5.78 Å². The van der Waals surface area contributed by atoms with Crippen molar-refractivity contribution in [3.8, 4) is 5.75 Å². The SMILES string of the molecule is O=C(c1ccccc1F)c1cccc2c1OCC2. The summed E-state index contributed by atoms with van der Waals surface area (Å²) in [7, 11) is 0. The Hall–Kier alpha value is -2.16.